The van der Waals surface area contributed by atoms with Gasteiger partial charge in [0.2, 0.25) is 0 Å². The molecule has 4 N–H and O–H groups in total. The van der Waals surface area contributed by atoms with Crippen LogP contribution in [0.1, 0.15) is 5.56 Å². The second-order valence-electron chi connectivity index (χ2n) is 4.33. The summed E-state index contributed by atoms with van der Waals surface area (Å²) in [5, 5.41) is 0. The van der Waals surface area contributed by atoms with Crippen LogP contribution in [0.4, 0.5) is 11.4 Å². The molecule has 0 aliphatic rings. The summed E-state index contributed by atoms with van der Waals surface area (Å²) in [4.78, 5) is 11.0. The van der Waals surface area contributed by atoms with E-state index in [4.69, 9.17) is 11.5 Å². The molecule has 0 bridgehead atoms. The second kappa shape index (κ2) is 5.93. The zero-order valence-corrected chi connectivity index (χ0v) is 11.2. The van der Waals surface area contributed by atoms with Crippen molar-refractivity contribution in [2.45, 2.75) is 0 Å². The molecule has 0 amide bonds. The number of nitrogen functional groups attached to an aromatic ring is 2. The van der Waals surface area contributed by atoms with Gasteiger partial charge in [0.1, 0.15) is 0 Å². The Bertz CT molecular complexity index is 646. The van der Waals surface area contributed by atoms with Gasteiger partial charge in [-0.25, -0.2) is 4.79 Å². The maximum atomic E-state index is 11.0. The number of rotatable bonds is 3. The van der Waals surface area contributed by atoms with Crippen LogP contribution in [0.5, 0.6) is 0 Å². The van der Waals surface area contributed by atoms with Gasteiger partial charge in [0.15, 0.2) is 0 Å². The van der Waals surface area contributed by atoms with Crippen molar-refractivity contribution >= 4 is 23.4 Å². The van der Waals surface area contributed by atoms with E-state index in [1.54, 1.807) is 18.2 Å². The first-order valence-corrected chi connectivity index (χ1v) is 6.11. The van der Waals surface area contributed by atoms with Crippen LogP contribution in [0.2, 0.25) is 0 Å². The minimum atomic E-state index is -0.380. The fraction of sp³-hybridized carbons (Fsp3) is 0.0625. The molecule has 0 saturated heterocycles. The lowest BCUT2D eigenvalue weighted by Gasteiger charge is -2.07. The highest BCUT2D eigenvalue weighted by molar-refractivity contribution is 5.87. The summed E-state index contributed by atoms with van der Waals surface area (Å²) in [7, 11) is 1.35. The number of carbonyl (C=O) groups excluding carboxylic acids is 1. The quantitative estimate of drug-likeness (QED) is 0.509. The van der Waals surface area contributed by atoms with Crippen molar-refractivity contribution in [2.75, 3.05) is 18.6 Å². The zero-order valence-electron chi connectivity index (χ0n) is 11.2. The van der Waals surface area contributed by atoms with Crippen LogP contribution in [0.3, 0.4) is 0 Å². The number of hydrogen-bond donors (Lipinski definition) is 2. The van der Waals surface area contributed by atoms with Crippen molar-refractivity contribution in [1.29, 1.82) is 0 Å². The summed E-state index contributed by atoms with van der Waals surface area (Å²) >= 11 is 0. The molecular formula is C16H16N2O2. The molecule has 2 aromatic carbocycles. The Kier molecular flexibility index (Phi) is 4.05. The third kappa shape index (κ3) is 3.17. The molecular weight excluding hydrogens is 252 g/mol. The predicted molar refractivity (Wildman–Crippen MR) is 81.8 cm³/mol. The standard InChI is InChI=1S/C16H16N2O2/c1-20-16(19)9-4-11-2-5-12(6-3-11)14-10-13(17)7-8-15(14)18/h2-10H,17-18H2,1H3. The fourth-order valence-electron chi connectivity index (χ4n) is 1.83. The van der Waals surface area contributed by atoms with Crippen LogP contribution >= 0.6 is 0 Å². The Morgan fingerprint density at radius 2 is 1.80 bits per heavy atom. The maximum Gasteiger partial charge on any atom is 0.330 e. The second-order valence-corrected chi connectivity index (χ2v) is 4.33. The lowest BCUT2D eigenvalue weighted by atomic mass is 10.0. The van der Waals surface area contributed by atoms with Gasteiger partial charge in [-0.05, 0) is 35.4 Å². The molecule has 0 heterocycles. The Hall–Kier alpha value is -2.75. The van der Waals surface area contributed by atoms with Crippen molar-refractivity contribution < 1.29 is 9.53 Å². The van der Waals surface area contributed by atoms with E-state index in [0.717, 1.165) is 16.7 Å². The molecule has 2 aromatic rings. The number of ether oxygens (including phenoxy) is 1. The molecule has 0 aliphatic heterocycles. The predicted octanol–water partition coefficient (Wildman–Crippen LogP) is 2.70. The summed E-state index contributed by atoms with van der Waals surface area (Å²) in [5.74, 6) is -0.380. The summed E-state index contributed by atoms with van der Waals surface area (Å²) in [6.07, 6.45) is 3.07. The van der Waals surface area contributed by atoms with E-state index in [0.29, 0.717) is 11.4 Å². The van der Waals surface area contributed by atoms with E-state index in [9.17, 15) is 4.79 Å². The molecule has 0 saturated carbocycles. The topological polar surface area (TPSA) is 78.3 Å². The zero-order chi connectivity index (χ0) is 14.5. The fourth-order valence-corrected chi connectivity index (χ4v) is 1.83. The SMILES string of the molecule is COC(=O)C=Cc1ccc(-c2cc(N)ccc2N)cc1. The summed E-state index contributed by atoms with van der Waals surface area (Å²) in [5.41, 5.74) is 15.8. The van der Waals surface area contributed by atoms with Crippen molar-refractivity contribution in [3.8, 4) is 11.1 Å². The van der Waals surface area contributed by atoms with Crippen molar-refractivity contribution in [2.24, 2.45) is 0 Å². The third-order valence-corrected chi connectivity index (χ3v) is 2.91. The molecule has 4 nitrogen and oxygen atoms in total. The smallest absolute Gasteiger partial charge is 0.330 e. The number of benzene rings is 2. The minimum absolute atomic E-state index is 0.380. The van der Waals surface area contributed by atoms with E-state index < -0.39 is 0 Å². The van der Waals surface area contributed by atoms with Crippen LogP contribution in [-0.2, 0) is 9.53 Å². The third-order valence-electron chi connectivity index (χ3n) is 2.91. The van der Waals surface area contributed by atoms with Crippen molar-refractivity contribution in [3.05, 3.63) is 54.1 Å². The Morgan fingerprint density at radius 3 is 2.45 bits per heavy atom. The number of carbonyl (C=O) groups is 1. The average Bonchev–Trinajstić information content (AvgIpc) is 2.48. The highest BCUT2D eigenvalue weighted by Crippen LogP contribution is 2.28. The maximum absolute atomic E-state index is 11.0. The van der Waals surface area contributed by atoms with Gasteiger partial charge in [-0.15, -0.1) is 0 Å². The van der Waals surface area contributed by atoms with Crippen LogP contribution < -0.4 is 11.5 Å². The van der Waals surface area contributed by atoms with Crippen LogP contribution in [0.25, 0.3) is 17.2 Å². The Balaban J connectivity index is 2.26. The lowest BCUT2D eigenvalue weighted by Crippen LogP contribution is -1.93. The van der Waals surface area contributed by atoms with Crippen LogP contribution in [0, 0.1) is 0 Å². The first-order valence-electron chi connectivity index (χ1n) is 6.11. The van der Waals surface area contributed by atoms with E-state index >= 15 is 0 Å². The number of esters is 1. The first kappa shape index (κ1) is 13.7. The number of hydrogen-bond acceptors (Lipinski definition) is 4. The highest BCUT2D eigenvalue weighted by atomic mass is 16.5. The first-order chi connectivity index (χ1) is 9.60. The summed E-state index contributed by atoms with van der Waals surface area (Å²) in [6.45, 7) is 0. The number of methoxy groups -OCH3 is 1. The van der Waals surface area contributed by atoms with E-state index in [1.165, 1.54) is 13.2 Å². The van der Waals surface area contributed by atoms with Gasteiger partial charge in [-0.3, -0.25) is 0 Å². The minimum Gasteiger partial charge on any atom is -0.466 e. The molecule has 0 radical (unpaired) electrons. The Morgan fingerprint density at radius 1 is 1.10 bits per heavy atom. The average molecular weight is 268 g/mol. The summed E-state index contributed by atoms with van der Waals surface area (Å²) in [6, 6.07) is 13.1. The monoisotopic (exact) mass is 268 g/mol. The molecule has 0 atom stereocenters. The molecule has 0 spiro atoms. The van der Waals surface area contributed by atoms with Gasteiger partial charge in [-0.1, -0.05) is 24.3 Å². The van der Waals surface area contributed by atoms with Crippen molar-refractivity contribution in [1.82, 2.24) is 0 Å². The normalized spacial score (nSPS) is 10.7. The van der Waals surface area contributed by atoms with Crippen LogP contribution in [0.15, 0.2) is 48.5 Å². The van der Waals surface area contributed by atoms with Gasteiger partial charge < -0.3 is 16.2 Å². The molecule has 20 heavy (non-hydrogen) atoms. The van der Waals surface area contributed by atoms with Gasteiger partial charge in [-0.2, -0.15) is 0 Å². The van der Waals surface area contributed by atoms with Crippen molar-refractivity contribution in [3.63, 3.8) is 0 Å². The van der Waals surface area contributed by atoms with Gasteiger partial charge in [0, 0.05) is 23.0 Å². The molecule has 2 rings (SSSR count). The molecule has 0 unspecified atom stereocenters. The molecule has 0 aromatic heterocycles. The molecule has 0 fully saturated rings. The van der Waals surface area contributed by atoms with Crippen LogP contribution in [-0.4, -0.2) is 13.1 Å². The largest absolute Gasteiger partial charge is 0.466 e. The molecule has 102 valence electrons. The lowest BCUT2D eigenvalue weighted by molar-refractivity contribution is -0.134. The van der Waals surface area contributed by atoms with E-state index in [1.807, 2.05) is 30.3 Å². The van der Waals surface area contributed by atoms with Gasteiger partial charge in [0.25, 0.3) is 0 Å². The number of nitrogens with two attached hydrogens (primary N) is 2. The van der Waals surface area contributed by atoms with Gasteiger partial charge >= 0.3 is 5.97 Å². The number of anilines is 2. The molecule has 4 heteroatoms. The van der Waals surface area contributed by atoms with E-state index in [-0.39, 0.29) is 5.97 Å². The summed E-state index contributed by atoms with van der Waals surface area (Å²) < 4.78 is 4.54. The van der Waals surface area contributed by atoms with E-state index in [2.05, 4.69) is 4.74 Å². The highest BCUT2D eigenvalue weighted by Gasteiger charge is 2.03. The molecule has 0 aliphatic carbocycles. The van der Waals surface area contributed by atoms with Gasteiger partial charge in [0.05, 0.1) is 7.11 Å². The Labute approximate surface area is 117 Å².